The molecule has 12 heavy (non-hydrogen) atoms. The van der Waals surface area contributed by atoms with Crippen molar-refractivity contribution >= 4 is 21.3 Å². The summed E-state index contributed by atoms with van der Waals surface area (Å²) in [7, 11) is -3.98. The predicted molar refractivity (Wildman–Crippen MR) is 54.2 cm³/mol. The molecule has 6 heteroatoms. The summed E-state index contributed by atoms with van der Waals surface area (Å²) in [5.41, 5.74) is 6.87. The molecule has 0 aromatic heterocycles. The first-order valence-electron chi connectivity index (χ1n) is 4.01. The molecule has 0 heterocycles. The molecular formula is C6H19AsNO3P. The summed E-state index contributed by atoms with van der Waals surface area (Å²) in [6, 6.07) is 0. The van der Waals surface area contributed by atoms with Gasteiger partial charge in [0, 0.05) is 0 Å². The van der Waals surface area contributed by atoms with Gasteiger partial charge in [0.25, 0.3) is 0 Å². The topological polar surface area (TPSA) is 69.6 Å². The van der Waals surface area contributed by atoms with Gasteiger partial charge in [0.15, 0.2) is 0 Å². The SMILES string of the molecule is C[AsH](C)(C)CCCNP(=O)(O)O. The summed E-state index contributed by atoms with van der Waals surface area (Å²) < 4.78 is 10.4. The molecular weight excluding hydrogens is 240 g/mol. The molecule has 0 aliphatic carbocycles. The quantitative estimate of drug-likeness (QED) is 0.393. The summed E-state index contributed by atoms with van der Waals surface area (Å²) in [6.07, 6.45) is 0.870. The van der Waals surface area contributed by atoms with Crippen LogP contribution in [0.4, 0.5) is 0 Å². The van der Waals surface area contributed by atoms with E-state index in [2.05, 4.69) is 22.2 Å². The van der Waals surface area contributed by atoms with Gasteiger partial charge in [-0.2, -0.15) is 0 Å². The van der Waals surface area contributed by atoms with Gasteiger partial charge in [-0.3, -0.25) is 0 Å². The van der Waals surface area contributed by atoms with Gasteiger partial charge < -0.3 is 0 Å². The average molecular weight is 259 g/mol. The first-order chi connectivity index (χ1) is 5.21. The zero-order valence-electron chi connectivity index (χ0n) is 7.87. The van der Waals surface area contributed by atoms with E-state index in [0.29, 0.717) is 6.54 Å². The normalized spacial score (nSPS) is 14.8. The molecule has 0 aliphatic heterocycles. The van der Waals surface area contributed by atoms with Gasteiger partial charge in [0.05, 0.1) is 0 Å². The van der Waals surface area contributed by atoms with Gasteiger partial charge in [-0.15, -0.1) is 0 Å². The molecule has 4 nitrogen and oxygen atoms in total. The van der Waals surface area contributed by atoms with Crippen LogP contribution in [-0.2, 0) is 4.57 Å². The summed E-state index contributed by atoms with van der Waals surface area (Å²) in [5, 5.41) is 3.34. The molecule has 0 fully saturated rings. The third kappa shape index (κ3) is 10.7. The predicted octanol–water partition coefficient (Wildman–Crippen LogP) is 1.13. The molecule has 76 valence electrons. The fourth-order valence-corrected chi connectivity index (χ4v) is 3.89. The van der Waals surface area contributed by atoms with Crippen LogP contribution in [-0.4, -0.2) is 29.9 Å². The van der Waals surface area contributed by atoms with Gasteiger partial charge in [0.1, 0.15) is 0 Å². The van der Waals surface area contributed by atoms with Crippen LogP contribution in [0.25, 0.3) is 0 Å². The molecule has 0 rings (SSSR count). The molecule has 0 aliphatic rings. The zero-order valence-corrected chi connectivity index (χ0v) is 10.9. The summed E-state index contributed by atoms with van der Waals surface area (Å²) in [4.78, 5) is 16.9. The zero-order chi connectivity index (χ0) is 9.83. The van der Waals surface area contributed by atoms with E-state index in [1.54, 1.807) is 0 Å². The molecule has 3 N–H and O–H groups in total. The molecule has 0 amide bonds. The van der Waals surface area contributed by atoms with Crippen molar-refractivity contribution in [2.45, 2.75) is 28.8 Å². The van der Waals surface area contributed by atoms with Crippen LogP contribution >= 0.6 is 7.75 Å². The van der Waals surface area contributed by atoms with E-state index >= 15 is 0 Å². The van der Waals surface area contributed by atoms with Crippen LogP contribution < -0.4 is 5.09 Å². The second-order valence-corrected chi connectivity index (χ2v) is 17.3. The van der Waals surface area contributed by atoms with E-state index < -0.39 is 21.3 Å². The number of hydrogen-bond donors (Lipinski definition) is 3. The molecule has 0 radical (unpaired) electrons. The van der Waals surface area contributed by atoms with Crippen LogP contribution in [0, 0.1) is 0 Å². The Morgan fingerprint density at radius 2 is 1.83 bits per heavy atom. The first-order valence-corrected chi connectivity index (χ1v) is 13.4. The molecule has 0 atom stereocenters. The van der Waals surface area contributed by atoms with Gasteiger partial charge >= 0.3 is 76.0 Å². The van der Waals surface area contributed by atoms with E-state index in [4.69, 9.17) is 9.79 Å². The Bertz CT molecular complexity index is 174. The molecule has 0 saturated carbocycles. The maximum atomic E-state index is 10.4. The van der Waals surface area contributed by atoms with Gasteiger partial charge in [-0.05, 0) is 0 Å². The molecule has 0 aromatic rings. The Labute approximate surface area is 76.4 Å². The van der Waals surface area contributed by atoms with Crippen LogP contribution in [0.2, 0.25) is 22.3 Å². The van der Waals surface area contributed by atoms with Crippen molar-refractivity contribution in [1.82, 2.24) is 5.09 Å². The third-order valence-corrected chi connectivity index (χ3v) is 5.95. The average Bonchev–Trinajstić information content (AvgIpc) is 1.76. The Kier molecular flexibility index (Phi) is 5.05. The Balaban J connectivity index is 3.41. The third-order valence-electron chi connectivity index (χ3n) is 1.42. The molecule has 0 unspecified atom stereocenters. The van der Waals surface area contributed by atoms with Gasteiger partial charge in [0.2, 0.25) is 0 Å². The van der Waals surface area contributed by atoms with Gasteiger partial charge in [-0.25, -0.2) is 0 Å². The second kappa shape index (κ2) is 4.78. The fraction of sp³-hybridized carbons (Fsp3) is 1.00. The van der Waals surface area contributed by atoms with Gasteiger partial charge in [-0.1, -0.05) is 0 Å². The minimum absolute atomic E-state index is 0.423. The number of hydrogen-bond acceptors (Lipinski definition) is 1. The van der Waals surface area contributed by atoms with Crippen LogP contribution in [0.15, 0.2) is 0 Å². The van der Waals surface area contributed by atoms with Crippen molar-refractivity contribution in [2.24, 2.45) is 0 Å². The maximum absolute atomic E-state index is 10.4. The molecule has 0 spiro atoms. The Morgan fingerprint density at radius 1 is 1.33 bits per heavy atom. The molecule has 0 bridgehead atoms. The summed E-state index contributed by atoms with van der Waals surface area (Å²) >= 11 is -1.49. The first kappa shape index (κ1) is 12.7. The van der Waals surface area contributed by atoms with E-state index in [0.717, 1.165) is 11.6 Å². The van der Waals surface area contributed by atoms with E-state index in [-0.39, 0.29) is 0 Å². The second-order valence-electron chi connectivity index (χ2n) is 4.12. The standard InChI is InChI=1S/C6H19AsNO3P/c1-7(2,3)5-4-6-8-12(9,10)11/h7H,4-6H2,1-3H3,(H3,8,9,10,11). The van der Waals surface area contributed by atoms with Crippen molar-refractivity contribution in [3.63, 3.8) is 0 Å². The van der Waals surface area contributed by atoms with Crippen LogP contribution in [0.1, 0.15) is 6.42 Å². The summed E-state index contributed by atoms with van der Waals surface area (Å²) in [5.74, 6) is 0. The van der Waals surface area contributed by atoms with Crippen LogP contribution in [0.5, 0.6) is 0 Å². The van der Waals surface area contributed by atoms with Crippen molar-refractivity contribution < 1.29 is 14.4 Å². The fourth-order valence-electron chi connectivity index (χ4n) is 0.843. The Morgan fingerprint density at radius 3 is 2.17 bits per heavy atom. The molecule has 0 saturated heterocycles. The van der Waals surface area contributed by atoms with Crippen molar-refractivity contribution in [3.05, 3.63) is 0 Å². The van der Waals surface area contributed by atoms with Crippen LogP contribution in [0.3, 0.4) is 0 Å². The van der Waals surface area contributed by atoms with E-state index in [1.807, 2.05) is 0 Å². The number of nitrogens with one attached hydrogen (secondary N) is 1. The van der Waals surface area contributed by atoms with Crippen molar-refractivity contribution in [2.75, 3.05) is 6.54 Å². The van der Waals surface area contributed by atoms with Crippen molar-refractivity contribution in [3.8, 4) is 0 Å². The monoisotopic (exact) mass is 259 g/mol. The Hall–Kier alpha value is 0.668. The minimum atomic E-state index is -3.98. The number of rotatable bonds is 5. The molecule has 0 aromatic carbocycles. The summed E-state index contributed by atoms with van der Waals surface area (Å²) in [6.45, 7) is 0.423. The van der Waals surface area contributed by atoms with Crippen molar-refractivity contribution in [1.29, 1.82) is 0 Å². The van der Waals surface area contributed by atoms with E-state index in [1.165, 1.54) is 0 Å². The van der Waals surface area contributed by atoms with E-state index in [9.17, 15) is 4.57 Å².